The molecule has 0 aliphatic rings. The fourth-order valence-electron chi connectivity index (χ4n) is 1.69. The third kappa shape index (κ3) is 2.30. The molecule has 0 aliphatic heterocycles. The number of benzene rings is 2. The van der Waals surface area contributed by atoms with Crippen molar-refractivity contribution in [3.05, 3.63) is 58.9 Å². The van der Waals surface area contributed by atoms with E-state index < -0.39 is 0 Å². The van der Waals surface area contributed by atoms with Gasteiger partial charge >= 0.3 is 0 Å². The molecule has 0 radical (unpaired) electrons. The Morgan fingerprint density at radius 2 is 1.76 bits per heavy atom. The van der Waals surface area contributed by atoms with E-state index in [1.807, 2.05) is 6.07 Å². The minimum Gasteiger partial charge on any atom is -0.206 e. The van der Waals surface area contributed by atoms with Gasteiger partial charge in [-0.2, -0.15) is 5.26 Å². The number of hydrogen-bond acceptors (Lipinski definition) is 1. The maximum atomic E-state index is 14.1. The SMILES string of the molecule is N#CCc1cccc(-c2ccccc2Cl)c1F. The van der Waals surface area contributed by atoms with Crippen LogP contribution < -0.4 is 0 Å². The van der Waals surface area contributed by atoms with Gasteiger partial charge in [0.05, 0.1) is 12.5 Å². The molecule has 0 heterocycles. The van der Waals surface area contributed by atoms with Crippen LogP contribution in [-0.2, 0) is 6.42 Å². The Labute approximate surface area is 104 Å². The molecule has 1 nitrogen and oxygen atoms in total. The monoisotopic (exact) mass is 245 g/mol. The van der Waals surface area contributed by atoms with E-state index >= 15 is 0 Å². The molecule has 0 saturated carbocycles. The molecule has 0 aliphatic carbocycles. The van der Waals surface area contributed by atoms with E-state index in [1.165, 1.54) is 0 Å². The van der Waals surface area contributed by atoms with E-state index in [4.69, 9.17) is 16.9 Å². The van der Waals surface area contributed by atoms with E-state index in [2.05, 4.69) is 0 Å². The Morgan fingerprint density at radius 3 is 2.47 bits per heavy atom. The first-order valence-electron chi connectivity index (χ1n) is 5.13. The summed E-state index contributed by atoms with van der Waals surface area (Å²) in [6.45, 7) is 0. The molecular formula is C14H9ClFN. The van der Waals surface area contributed by atoms with Gasteiger partial charge in [0.1, 0.15) is 5.82 Å². The standard InChI is InChI=1S/C14H9ClFN/c15-13-7-2-1-5-11(13)12-6-3-4-10(8-9-17)14(12)16/h1-7H,8H2. The summed E-state index contributed by atoms with van der Waals surface area (Å²) in [7, 11) is 0. The number of nitriles is 1. The van der Waals surface area contributed by atoms with Crippen LogP contribution in [0.25, 0.3) is 11.1 Å². The van der Waals surface area contributed by atoms with Crippen LogP contribution in [0.1, 0.15) is 5.56 Å². The number of rotatable bonds is 2. The fraction of sp³-hybridized carbons (Fsp3) is 0.0714. The van der Waals surface area contributed by atoms with E-state index in [0.29, 0.717) is 21.7 Å². The summed E-state index contributed by atoms with van der Waals surface area (Å²) >= 11 is 6.03. The second kappa shape index (κ2) is 4.99. The molecule has 0 aromatic heterocycles. The maximum Gasteiger partial charge on any atom is 0.135 e. The number of nitrogens with zero attached hydrogens (tertiary/aromatic N) is 1. The average Bonchev–Trinajstić information content (AvgIpc) is 2.33. The van der Waals surface area contributed by atoms with Crippen molar-refractivity contribution in [2.24, 2.45) is 0 Å². The van der Waals surface area contributed by atoms with Crippen molar-refractivity contribution in [3.63, 3.8) is 0 Å². The molecule has 0 amide bonds. The van der Waals surface area contributed by atoms with Crippen LogP contribution >= 0.6 is 11.6 Å². The maximum absolute atomic E-state index is 14.1. The molecule has 0 bridgehead atoms. The highest BCUT2D eigenvalue weighted by molar-refractivity contribution is 6.33. The average molecular weight is 246 g/mol. The largest absolute Gasteiger partial charge is 0.206 e. The molecule has 2 aromatic carbocycles. The van der Waals surface area contributed by atoms with Gasteiger partial charge in [-0.15, -0.1) is 0 Å². The molecule has 0 N–H and O–H groups in total. The van der Waals surface area contributed by atoms with Crippen molar-refractivity contribution < 1.29 is 4.39 Å². The molecule has 0 saturated heterocycles. The molecule has 0 atom stereocenters. The lowest BCUT2D eigenvalue weighted by molar-refractivity contribution is 0.619. The summed E-state index contributed by atoms with van der Waals surface area (Å²) in [6.07, 6.45) is 0.0596. The Hall–Kier alpha value is -1.85. The van der Waals surface area contributed by atoms with Gasteiger partial charge in [0.15, 0.2) is 0 Å². The predicted molar refractivity (Wildman–Crippen MR) is 66.2 cm³/mol. The normalized spacial score (nSPS) is 9.94. The molecule has 2 rings (SSSR count). The second-order valence-electron chi connectivity index (χ2n) is 3.59. The van der Waals surface area contributed by atoms with Crippen molar-refractivity contribution in [3.8, 4) is 17.2 Å². The van der Waals surface area contributed by atoms with Gasteiger partial charge in [0.25, 0.3) is 0 Å². The zero-order valence-electron chi connectivity index (χ0n) is 8.95. The first-order valence-corrected chi connectivity index (χ1v) is 5.51. The molecule has 0 spiro atoms. The van der Waals surface area contributed by atoms with Gasteiger partial charge in [-0.3, -0.25) is 0 Å². The molecule has 2 aromatic rings. The Kier molecular flexibility index (Phi) is 3.41. The molecular weight excluding hydrogens is 237 g/mol. The van der Waals surface area contributed by atoms with Crippen LogP contribution in [0.2, 0.25) is 5.02 Å². The van der Waals surface area contributed by atoms with E-state index in [0.717, 1.165) is 0 Å². The minimum absolute atomic E-state index is 0.0596. The second-order valence-corrected chi connectivity index (χ2v) is 4.00. The zero-order chi connectivity index (χ0) is 12.3. The lowest BCUT2D eigenvalue weighted by atomic mass is 10.0. The Morgan fingerprint density at radius 1 is 1.06 bits per heavy atom. The van der Waals surface area contributed by atoms with Gasteiger partial charge in [-0.25, -0.2) is 4.39 Å². The summed E-state index contributed by atoms with van der Waals surface area (Å²) in [4.78, 5) is 0. The summed E-state index contributed by atoms with van der Waals surface area (Å²) in [5.74, 6) is -0.373. The van der Waals surface area contributed by atoms with Crippen molar-refractivity contribution in [2.75, 3.05) is 0 Å². The number of halogens is 2. The predicted octanol–water partition coefficient (Wildman–Crippen LogP) is 4.21. The van der Waals surface area contributed by atoms with Crippen molar-refractivity contribution >= 4 is 11.6 Å². The summed E-state index contributed by atoms with van der Waals surface area (Å²) in [5.41, 5.74) is 1.47. The van der Waals surface area contributed by atoms with Crippen LogP contribution in [0, 0.1) is 17.1 Å². The van der Waals surface area contributed by atoms with Crippen LogP contribution in [0.3, 0.4) is 0 Å². The van der Waals surface area contributed by atoms with E-state index in [-0.39, 0.29) is 12.2 Å². The first-order chi connectivity index (χ1) is 8.24. The fourth-order valence-corrected chi connectivity index (χ4v) is 1.93. The van der Waals surface area contributed by atoms with E-state index in [1.54, 1.807) is 42.5 Å². The third-order valence-corrected chi connectivity index (χ3v) is 2.84. The van der Waals surface area contributed by atoms with Crippen LogP contribution in [-0.4, -0.2) is 0 Å². The van der Waals surface area contributed by atoms with Crippen molar-refractivity contribution in [1.82, 2.24) is 0 Å². The van der Waals surface area contributed by atoms with Gasteiger partial charge in [-0.1, -0.05) is 48.0 Å². The number of hydrogen-bond donors (Lipinski definition) is 0. The van der Waals surface area contributed by atoms with Gasteiger partial charge in [0.2, 0.25) is 0 Å². The summed E-state index contributed by atoms with van der Waals surface area (Å²) in [6, 6.07) is 14.0. The lowest BCUT2D eigenvalue weighted by Crippen LogP contribution is -1.92. The highest BCUT2D eigenvalue weighted by atomic mass is 35.5. The quantitative estimate of drug-likeness (QED) is 0.777. The molecule has 17 heavy (non-hydrogen) atoms. The summed E-state index contributed by atoms with van der Waals surface area (Å²) in [5, 5.41) is 9.12. The van der Waals surface area contributed by atoms with Gasteiger partial charge in [0, 0.05) is 21.7 Å². The third-order valence-electron chi connectivity index (χ3n) is 2.51. The van der Waals surface area contributed by atoms with Crippen LogP contribution in [0.15, 0.2) is 42.5 Å². The molecule has 0 fully saturated rings. The van der Waals surface area contributed by atoms with Crippen LogP contribution in [0.4, 0.5) is 4.39 Å². The first kappa shape index (κ1) is 11.6. The van der Waals surface area contributed by atoms with Gasteiger partial charge < -0.3 is 0 Å². The highest BCUT2D eigenvalue weighted by Gasteiger charge is 2.11. The molecule has 0 unspecified atom stereocenters. The summed E-state index contributed by atoms with van der Waals surface area (Å²) < 4.78 is 14.1. The topological polar surface area (TPSA) is 23.8 Å². The van der Waals surface area contributed by atoms with Crippen molar-refractivity contribution in [1.29, 1.82) is 5.26 Å². The highest BCUT2D eigenvalue weighted by Crippen LogP contribution is 2.30. The van der Waals surface area contributed by atoms with Crippen LogP contribution in [0.5, 0.6) is 0 Å². The molecule has 3 heteroatoms. The Bertz CT molecular complexity index is 587. The minimum atomic E-state index is -0.373. The molecule has 84 valence electrons. The zero-order valence-corrected chi connectivity index (χ0v) is 9.71. The van der Waals surface area contributed by atoms with Gasteiger partial charge in [-0.05, 0) is 6.07 Å². The Balaban J connectivity index is 2.58. The van der Waals surface area contributed by atoms with Crippen molar-refractivity contribution in [2.45, 2.75) is 6.42 Å². The van der Waals surface area contributed by atoms with E-state index in [9.17, 15) is 4.39 Å². The lowest BCUT2D eigenvalue weighted by Gasteiger charge is -2.08. The smallest absolute Gasteiger partial charge is 0.135 e.